The maximum absolute atomic E-state index is 13.7. The molecule has 0 heterocycles. The number of nitro groups is 1. The quantitative estimate of drug-likeness (QED) is 0.286. The normalized spacial score (nSPS) is 12.2. The lowest BCUT2D eigenvalue weighted by molar-refractivity contribution is -0.384. The Morgan fingerprint density at radius 2 is 1.76 bits per heavy atom. The van der Waals surface area contributed by atoms with Gasteiger partial charge in [0.25, 0.3) is 5.69 Å². The summed E-state index contributed by atoms with van der Waals surface area (Å²) >= 11 is 12.2. The van der Waals surface area contributed by atoms with Gasteiger partial charge in [0.1, 0.15) is 12.6 Å². The van der Waals surface area contributed by atoms with Crippen molar-refractivity contribution in [3.63, 3.8) is 0 Å². The topological polar surface area (TPSA) is 130 Å². The summed E-state index contributed by atoms with van der Waals surface area (Å²) in [5.74, 6) is -0.876. The second kappa shape index (κ2) is 13.3. The molecule has 0 aliphatic heterocycles. The molecule has 1 N–H and O–H groups in total. The van der Waals surface area contributed by atoms with Crippen LogP contribution in [-0.4, -0.2) is 55.4 Å². The lowest BCUT2D eigenvalue weighted by atomic mass is 10.1. The van der Waals surface area contributed by atoms with Gasteiger partial charge >= 0.3 is 0 Å². The molecule has 0 unspecified atom stereocenters. The molecule has 0 bridgehead atoms. The van der Waals surface area contributed by atoms with E-state index in [1.165, 1.54) is 17.0 Å². The average Bonchev–Trinajstić information content (AvgIpc) is 2.82. The van der Waals surface area contributed by atoms with E-state index in [0.29, 0.717) is 22.7 Å². The van der Waals surface area contributed by atoms with Crippen molar-refractivity contribution in [2.45, 2.75) is 46.7 Å². The molecule has 0 radical (unpaired) electrons. The number of nitrogens with zero attached hydrogens (tertiary/aromatic N) is 3. The van der Waals surface area contributed by atoms with Gasteiger partial charge in [0.2, 0.25) is 21.8 Å². The van der Waals surface area contributed by atoms with E-state index in [1.807, 2.05) is 13.8 Å². The van der Waals surface area contributed by atoms with Gasteiger partial charge in [-0.3, -0.25) is 24.0 Å². The van der Waals surface area contributed by atoms with Crippen molar-refractivity contribution < 1.29 is 22.9 Å². The van der Waals surface area contributed by atoms with Crippen molar-refractivity contribution in [2.75, 3.05) is 23.7 Å². The predicted octanol–water partition coefficient (Wildman–Crippen LogP) is 4.56. The Morgan fingerprint density at radius 3 is 2.29 bits per heavy atom. The highest BCUT2D eigenvalue weighted by Gasteiger charge is 2.32. The molecule has 0 fully saturated rings. The molecule has 2 amide bonds. The van der Waals surface area contributed by atoms with Crippen LogP contribution in [0.5, 0.6) is 0 Å². The number of carbonyl (C=O) groups excluding carboxylic acids is 2. The monoisotopic (exact) mass is 586 g/mol. The van der Waals surface area contributed by atoms with Crippen LogP contribution in [0.15, 0.2) is 36.4 Å². The molecule has 0 aliphatic carbocycles. The number of benzene rings is 2. The van der Waals surface area contributed by atoms with Gasteiger partial charge in [0.05, 0.1) is 26.9 Å². The van der Waals surface area contributed by atoms with E-state index in [4.69, 9.17) is 23.2 Å². The van der Waals surface area contributed by atoms with Crippen LogP contribution in [0.1, 0.15) is 38.3 Å². The zero-order chi connectivity index (χ0) is 28.8. The van der Waals surface area contributed by atoms with Crippen molar-refractivity contribution in [2.24, 2.45) is 5.92 Å². The SMILES string of the molecule is CC[C@H](C(=O)NCC(C)C)N(Cc1ccc(Cl)c(Cl)c1)C(=O)CN(c1cc([N+](=O)[O-])ccc1C)S(C)(=O)=O. The van der Waals surface area contributed by atoms with Gasteiger partial charge in [0, 0.05) is 25.2 Å². The first kappa shape index (κ1) is 31.3. The van der Waals surface area contributed by atoms with Gasteiger partial charge < -0.3 is 10.2 Å². The molecule has 2 rings (SSSR count). The summed E-state index contributed by atoms with van der Waals surface area (Å²) in [5, 5.41) is 14.7. The van der Waals surface area contributed by atoms with Gasteiger partial charge in [-0.05, 0) is 42.5 Å². The number of sulfonamides is 1. The maximum Gasteiger partial charge on any atom is 0.271 e. The third-order valence-corrected chi connectivity index (χ3v) is 7.62. The second-order valence-electron chi connectivity index (χ2n) is 9.33. The van der Waals surface area contributed by atoms with Gasteiger partial charge in [-0.15, -0.1) is 0 Å². The van der Waals surface area contributed by atoms with Crippen LogP contribution < -0.4 is 9.62 Å². The van der Waals surface area contributed by atoms with Crippen molar-refractivity contribution in [3.05, 3.63) is 67.7 Å². The summed E-state index contributed by atoms with van der Waals surface area (Å²) in [6, 6.07) is 7.66. The first-order chi connectivity index (χ1) is 17.6. The van der Waals surface area contributed by atoms with Crippen LogP contribution in [0.25, 0.3) is 0 Å². The van der Waals surface area contributed by atoms with Crippen LogP contribution in [0.4, 0.5) is 11.4 Å². The highest BCUT2D eigenvalue weighted by atomic mass is 35.5. The molecular formula is C25H32Cl2N4O6S. The van der Waals surface area contributed by atoms with Crippen molar-refractivity contribution in [1.29, 1.82) is 0 Å². The summed E-state index contributed by atoms with van der Waals surface area (Å²) in [5.41, 5.74) is 0.688. The first-order valence-corrected chi connectivity index (χ1v) is 14.5. The molecule has 208 valence electrons. The minimum atomic E-state index is -4.05. The standard InChI is InChI=1S/C25H32Cl2N4O6S/c1-6-22(25(33)28-13-16(2)3)29(14-18-8-10-20(26)21(27)11-18)24(32)15-30(38(5,36)37)23-12-19(31(34)35)9-7-17(23)4/h7-12,16,22H,6,13-15H2,1-5H3,(H,28,33)/t22-/m1/s1. The second-order valence-corrected chi connectivity index (χ2v) is 12.1. The van der Waals surface area contributed by atoms with Crippen LogP contribution in [0.3, 0.4) is 0 Å². The van der Waals surface area contributed by atoms with Gasteiger partial charge in [-0.1, -0.05) is 56.1 Å². The molecule has 2 aromatic rings. The number of hydrogen-bond donors (Lipinski definition) is 1. The van der Waals surface area contributed by atoms with Crippen LogP contribution in [0.2, 0.25) is 10.0 Å². The number of rotatable bonds is 12. The summed E-state index contributed by atoms with van der Waals surface area (Å²) in [7, 11) is -4.05. The maximum atomic E-state index is 13.7. The molecule has 38 heavy (non-hydrogen) atoms. The minimum Gasteiger partial charge on any atom is -0.354 e. The van der Waals surface area contributed by atoms with Crippen molar-refractivity contribution >= 4 is 56.4 Å². The Morgan fingerprint density at radius 1 is 1.11 bits per heavy atom. The highest BCUT2D eigenvalue weighted by molar-refractivity contribution is 7.92. The number of nitro benzene ring substituents is 1. The third kappa shape index (κ3) is 8.31. The van der Waals surface area contributed by atoms with Gasteiger partial charge in [0.15, 0.2) is 0 Å². The van der Waals surface area contributed by atoms with Crippen LogP contribution >= 0.6 is 23.2 Å². The first-order valence-electron chi connectivity index (χ1n) is 11.9. The Bertz CT molecular complexity index is 1300. The van der Waals surface area contributed by atoms with E-state index < -0.39 is 33.4 Å². The van der Waals surface area contributed by atoms with E-state index in [1.54, 1.807) is 32.0 Å². The fraction of sp³-hybridized carbons (Fsp3) is 0.440. The van der Waals surface area contributed by atoms with E-state index >= 15 is 0 Å². The molecule has 0 aromatic heterocycles. The minimum absolute atomic E-state index is 0.00171. The molecule has 13 heteroatoms. The van der Waals surface area contributed by atoms with Gasteiger partial charge in [-0.2, -0.15) is 0 Å². The fourth-order valence-electron chi connectivity index (χ4n) is 3.75. The smallest absolute Gasteiger partial charge is 0.271 e. The summed E-state index contributed by atoms with van der Waals surface area (Å²) < 4.78 is 26.4. The third-order valence-electron chi connectivity index (χ3n) is 5.76. The molecule has 10 nitrogen and oxygen atoms in total. The van der Waals surface area contributed by atoms with Crippen LogP contribution in [0, 0.1) is 23.0 Å². The highest BCUT2D eigenvalue weighted by Crippen LogP contribution is 2.28. The summed E-state index contributed by atoms with van der Waals surface area (Å²) in [4.78, 5) is 38.8. The number of aryl methyl sites for hydroxylation is 1. The number of carbonyl (C=O) groups is 2. The number of amides is 2. The Hall–Kier alpha value is -2.89. The largest absolute Gasteiger partial charge is 0.354 e. The number of hydrogen-bond acceptors (Lipinski definition) is 6. The molecule has 0 spiro atoms. The number of non-ortho nitro benzene ring substituents is 1. The zero-order valence-corrected chi connectivity index (χ0v) is 24.2. The lowest BCUT2D eigenvalue weighted by Crippen LogP contribution is -2.52. The molecule has 0 saturated carbocycles. The van der Waals surface area contributed by atoms with E-state index in [-0.39, 0.29) is 41.2 Å². The number of anilines is 1. The van der Waals surface area contributed by atoms with E-state index in [0.717, 1.165) is 16.6 Å². The van der Waals surface area contributed by atoms with E-state index in [2.05, 4.69) is 5.32 Å². The Labute approximate surface area is 233 Å². The number of halogens is 2. The number of nitrogens with one attached hydrogen (secondary N) is 1. The van der Waals surface area contributed by atoms with Crippen LogP contribution in [-0.2, 0) is 26.2 Å². The molecular weight excluding hydrogens is 555 g/mol. The van der Waals surface area contributed by atoms with Gasteiger partial charge in [-0.25, -0.2) is 8.42 Å². The fourth-order valence-corrected chi connectivity index (χ4v) is 4.97. The van der Waals surface area contributed by atoms with E-state index in [9.17, 15) is 28.1 Å². The predicted molar refractivity (Wildman–Crippen MR) is 149 cm³/mol. The summed E-state index contributed by atoms with van der Waals surface area (Å²) in [6.45, 7) is 6.88. The molecule has 2 aromatic carbocycles. The van der Waals surface area contributed by atoms with Crippen molar-refractivity contribution in [3.8, 4) is 0 Å². The zero-order valence-electron chi connectivity index (χ0n) is 21.9. The average molecular weight is 588 g/mol. The lowest BCUT2D eigenvalue weighted by Gasteiger charge is -2.33. The Kier molecular flexibility index (Phi) is 10.9. The molecule has 0 aliphatic rings. The molecule has 0 saturated heterocycles. The summed E-state index contributed by atoms with van der Waals surface area (Å²) in [6.07, 6.45) is 1.17. The molecule has 1 atom stereocenters. The van der Waals surface area contributed by atoms with Crippen molar-refractivity contribution in [1.82, 2.24) is 10.2 Å². The Balaban J connectivity index is 2.53.